The Morgan fingerprint density at radius 3 is 3.07 bits per heavy atom. The Morgan fingerprint density at radius 2 is 2.47 bits per heavy atom. The quantitative estimate of drug-likeness (QED) is 0.731. The fourth-order valence-electron chi connectivity index (χ4n) is 1.72. The molecule has 1 aliphatic heterocycles. The number of β-amino-alcohol motifs (C(OH)–C–C–N with tert-alkyl or cyclic N) is 1. The van der Waals surface area contributed by atoms with Crippen LogP contribution in [0.15, 0.2) is 11.1 Å². The first-order chi connectivity index (χ1) is 6.99. The van der Waals surface area contributed by atoms with E-state index in [1.807, 2.05) is 4.90 Å². The normalized spacial score (nSPS) is 25.9. The molecule has 1 aromatic rings. The highest BCUT2D eigenvalue weighted by Gasteiger charge is 2.33. The van der Waals surface area contributed by atoms with Crippen LogP contribution in [0.25, 0.3) is 0 Å². The number of nitrogens with zero attached hydrogens (tertiary/aromatic N) is 2. The molecule has 1 saturated heterocycles. The fourth-order valence-corrected chi connectivity index (χ4v) is 1.94. The van der Waals surface area contributed by atoms with E-state index >= 15 is 0 Å². The summed E-state index contributed by atoms with van der Waals surface area (Å²) in [5.74, 6) is 0.443. The summed E-state index contributed by atoms with van der Waals surface area (Å²) in [7, 11) is 0. The molecule has 1 aromatic heterocycles. The van der Waals surface area contributed by atoms with E-state index in [2.05, 4.69) is 9.97 Å². The van der Waals surface area contributed by atoms with Crippen LogP contribution in [-0.2, 0) is 0 Å². The summed E-state index contributed by atoms with van der Waals surface area (Å²) in [6.07, 6.45) is 1.97. The number of anilines is 1. The zero-order valence-corrected chi connectivity index (χ0v) is 9.08. The molecule has 1 aliphatic rings. The molecule has 0 radical (unpaired) electrons. The highest BCUT2D eigenvalue weighted by atomic mass is 35.5. The summed E-state index contributed by atoms with van der Waals surface area (Å²) in [6.45, 7) is 2.86. The van der Waals surface area contributed by atoms with Crippen molar-refractivity contribution in [2.45, 2.75) is 18.9 Å². The third kappa shape index (κ3) is 1.98. The minimum Gasteiger partial charge on any atom is -0.388 e. The van der Waals surface area contributed by atoms with Crippen molar-refractivity contribution in [3.63, 3.8) is 0 Å². The van der Waals surface area contributed by atoms with E-state index < -0.39 is 5.60 Å². The average molecular weight is 230 g/mol. The molecule has 5 nitrogen and oxygen atoms in total. The molecule has 1 atom stereocenters. The van der Waals surface area contributed by atoms with Crippen molar-refractivity contribution in [3.05, 3.63) is 21.7 Å². The first-order valence-corrected chi connectivity index (χ1v) is 5.08. The van der Waals surface area contributed by atoms with Crippen LogP contribution < -0.4 is 10.5 Å². The zero-order valence-electron chi connectivity index (χ0n) is 8.33. The largest absolute Gasteiger partial charge is 0.388 e. The molecule has 2 heterocycles. The number of halogens is 1. The van der Waals surface area contributed by atoms with E-state index in [1.54, 1.807) is 6.92 Å². The van der Waals surface area contributed by atoms with Crippen LogP contribution in [0.2, 0.25) is 5.02 Å². The van der Waals surface area contributed by atoms with Crippen LogP contribution in [0.1, 0.15) is 13.3 Å². The number of aromatic nitrogens is 2. The van der Waals surface area contributed by atoms with Crippen molar-refractivity contribution in [1.82, 2.24) is 9.97 Å². The first kappa shape index (κ1) is 10.4. The summed E-state index contributed by atoms with van der Waals surface area (Å²) in [5.41, 5.74) is -1.08. The first-order valence-electron chi connectivity index (χ1n) is 4.70. The molecule has 2 N–H and O–H groups in total. The molecule has 0 bridgehead atoms. The van der Waals surface area contributed by atoms with Crippen LogP contribution in [0.5, 0.6) is 0 Å². The van der Waals surface area contributed by atoms with Crippen LogP contribution in [0.4, 0.5) is 5.82 Å². The lowest BCUT2D eigenvalue weighted by atomic mass is 10.1. The lowest BCUT2D eigenvalue weighted by Gasteiger charge is -2.19. The summed E-state index contributed by atoms with van der Waals surface area (Å²) in [6, 6.07) is 0. The van der Waals surface area contributed by atoms with Crippen molar-refractivity contribution < 1.29 is 5.11 Å². The number of hydrogen-bond acceptors (Lipinski definition) is 4. The average Bonchev–Trinajstić information content (AvgIpc) is 2.51. The molecule has 82 valence electrons. The maximum absolute atomic E-state index is 11.2. The van der Waals surface area contributed by atoms with E-state index in [1.165, 1.54) is 6.33 Å². The molecule has 0 aromatic carbocycles. The Morgan fingerprint density at radius 1 is 1.73 bits per heavy atom. The molecule has 1 fully saturated rings. The van der Waals surface area contributed by atoms with Crippen LogP contribution >= 0.6 is 11.6 Å². The molecule has 15 heavy (non-hydrogen) atoms. The number of rotatable bonds is 1. The van der Waals surface area contributed by atoms with Gasteiger partial charge in [0.05, 0.1) is 11.9 Å². The van der Waals surface area contributed by atoms with E-state index in [-0.39, 0.29) is 10.6 Å². The maximum atomic E-state index is 11.2. The number of nitrogens with one attached hydrogen (secondary N) is 1. The zero-order chi connectivity index (χ0) is 11.1. The minimum atomic E-state index is -0.729. The third-order valence-corrected chi connectivity index (χ3v) is 2.87. The second-order valence-electron chi connectivity index (χ2n) is 4.04. The highest BCUT2D eigenvalue weighted by Crippen LogP contribution is 2.27. The van der Waals surface area contributed by atoms with Gasteiger partial charge in [0.15, 0.2) is 5.82 Å². The monoisotopic (exact) mass is 229 g/mol. The van der Waals surface area contributed by atoms with Gasteiger partial charge in [-0.1, -0.05) is 11.6 Å². The molecule has 0 saturated carbocycles. The fraction of sp³-hybridized carbons (Fsp3) is 0.556. The van der Waals surface area contributed by atoms with Gasteiger partial charge in [-0.25, -0.2) is 4.98 Å². The number of aliphatic hydroxyl groups is 1. The van der Waals surface area contributed by atoms with Gasteiger partial charge in [-0.2, -0.15) is 0 Å². The SMILES string of the molecule is CC1(O)CCN(c2nc[nH]c(=O)c2Cl)C1. The smallest absolute Gasteiger partial charge is 0.271 e. The van der Waals surface area contributed by atoms with Crippen molar-refractivity contribution in [1.29, 1.82) is 0 Å². The molecule has 0 amide bonds. The molecular formula is C9H12ClN3O2. The third-order valence-electron chi connectivity index (χ3n) is 2.53. The standard InChI is InChI=1S/C9H12ClN3O2/c1-9(15)2-3-13(4-9)7-6(10)8(14)12-5-11-7/h5,15H,2-4H2,1H3,(H,11,12,14). The minimum absolute atomic E-state index is 0.0789. The molecule has 0 aliphatic carbocycles. The lowest BCUT2D eigenvalue weighted by Crippen LogP contribution is -2.31. The second kappa shape index (κ2) is 3.50. The van der Waals surface area contributed by atoms with Gasteiger partial charge >= 0.3 is 0 Å². The van der Waals surface area contributed by atoms with Gasteiger partial charge in [-0.05, 0) is 13.3 Å². The Kier molecular flexibility index (Phi) is 2.44. The maximum Gasteiger partial charge on any atom is 0.271 e. The van der Waals surface area contributed by atoms with Gasteiger partial charge in [0.1, 0.15) is 5.02 Å². The van der Waals surface area contributed by atoms with Crippen molar-refractivity contribution in [2.24, 2.45) is 0 Å². The molecule has 6 heteroatoms. The molecule has 2 rings (SSSR count). The Hall–Kier alpha value is -1.07. The van der Waals surface area contributed by atoms with Crippen molar-refractivity contribution >= 4 is 17.4 Å². The summed E-state index contributed by atoms with van der Waals surface area (Å²) in [5, 5.41) is 9.87. The van der Waals surface area contributed by atoms with E-state index in [9.17, 15) is 9.90 Å². The van der Waals surface area contributed by atoms with Crippen LogP contribution in [0.3, 0.4) is 0 Å². The van der Waals surface area contributed by atoms with Gasteiger partial charge in [-0.15, -0.1) is 0 Å². The number of hydrogen-bond donors (Lipinski definition) is 2. The van der Waals surface area contributed by atoms with E-state index in [4.69, 9.17) is 11.6 Å². The summed E-state index contributed by atoms with van der Waals surface area (Å²) in [4.78, 5) is 19.5. The van der Waals surface area contributed by atoms with E-state index in [0.29, 0.717) is 25.3 Å². The van der Waals surface area contributed by atoms with Crippen LogP contribution in [0, 0.1) is 0 Å². The molecule has 0 spiro atoms. The van der Waals surface area contributed by atoms with E-state index in [0.717, 1.165) is 0 Å². The topological polar surface area (TPSA) is 69.2 Å². The second-order valence-corrected chi connectivity index (χ2v) is 4.42. The predicted octanol–water partition coefficient (Wildman–Crippen LogP) is 0.384. The summed E-state index contributed by atoms with van der Waals surface area (Å²) < 4.78 is 0. The Bertz CT molecular complexity index is 430. The number of aromatic amines is 1. The van der Waals surface area contributed by atoms with Gasteiger partial charge in [0.2, 0.25) is 0 Å². The summed E-state index contributed by atoms with van der Waals surface area (Å²) >= 11 is 5.84. The van der Waals surface area contributed by atoms with Gasteiger partial charge in [0.25, 0.3) is 5.56 Å². The Labute approximate surface area is 91.7 Å². The predicted molar refractivity (Wildman–Crippen MR) is 57.3 cm³/mol. The van der Waals surface area contributed by atoms with Crippen molar-refractivity contribution in [3.8, 4) is 0 Å². The number of H-pyrrole nitrogens is 1. The van der Waals surface area contributed by atoms with Gasteiger partial charge in [0, 0.05) is 13.1 Å². The lowest BCUT2D eigenvalue weighted by molar-refractivity contribution is 0.0839. The highest BCUT2D eigenvalue weighted by molar-refractivity contribution is 6.32. The molecule has 1 unspecified atom stereocenters. The van der Waals surface area contributed by atoms with Gasteiger partial charge < -0.3 is 15.0 Å². The Balaban J connectivity index is 2.32. The van der Waals surface area contributed by atoms with Gasteiger partial charge in [-0.3, -0.25) is 4.79 Å². The van der Waals surface area contributed by atoms with Crippen LogP contribution in [-0.4, -0.2) is 33.8 Å². The molecular weight excluding hydrogens is 218 g/mol. The van der Waals surface area contributed by atoms with Crippen molar-refractivity contribution in [2.75, 3.05) is 18.0 Å².